The van der Waals surface area contributed by atoms with E-state index in [9.17, 15) is 4.79 Å². The van der Waals surface area contributed by atoms with E-state index in [4.69, 9.17) is 9.15 Å². The van der Waals surface area contributed by atoms with Crippen LogP contribution in [0.4, 0.5) is 5.95 Å². The van der Waals surface area contributed by atoms with Gasteiger partial charge in [0.1, 0.15) is 12.0 Å². The molecule has 124 valence electrons. The van der Waals surface area contributed by atoms with Crippen molar-refractivity contribution < 1.29 is 13.9 Å². The highest BCUT2D eigenvalue weighted by Crippen LogP contribution is 2.24. The zero-order valence-electron chi connectivity index (χ0n) is 13.2. The topological polar surface area (TPSA) is 106 Å². The lowest BCUT2D eigenvalue weighted by Crippen LogP contribution is -2.15. The van der Waals surface area contributed by atoms with Gasteiger partial charge in [0.2, 0.25) is 11.8 Å². The van der Waals surface area contributed by atoms with Gasteiger partial charge in [0.15, 0.2) is 5.82 Å². The zero-order chi connectivity index (χ0) is 17.2. The number of hydrogen-bond donors (Lipinski definition) is 2. The summed E-state index contributed by atoms with van der Waals surface area (Å²) >= 11 is 0. The summed E-state index contributed by atoms with van der Waals surface area (Å²) in [6.07, 6.45) is 3.06. The first kappa shape index (κ1) is 14.9. The number of amides is 1. The second-order valence-corrected chi connectivity index (χ2v) is 5.21. The third-order valence-electron chi connectivity index (χ3n) is 3.64. The van der Waals surface area contributed by atoms with Gasteiger partial charge in [-0.3, -0.25) is 15.2 Å². The third-order valence-corrected chi connectivity index (χ3v) is 3.64. The van der Waals surface area contributed by atoms with E-state index in [0.717, 1.165) is 16.3 Å². The summed E-state index contributed by atoms with van der Waals surface area (Å²) in [5.41, 5.74) is 0.948. The van der Waals surface area contributed by atoms with Crippen LogP contribution < -0.4 is 10.1 Å². The number of fused-ring (bicyclic) bond motifs is 1. The molecule has 0 bridgehead atoms. The minimum Gasteiger partial charge on any atom is -0.481 e. The summed E-state index contributed by atoms with van der Waals surface area (Å²) in [4.78, 5) is 20.9. The van der Waals surface area contributed by atoms with Gasteiger partial charge in [0.25, 0.3) is 5.91 Å². The second kappa shape index (κ2) is 6.08. The van der Waals surface area contributed by atoms with Gasteiger partial charge >= 0.3 is 0 Å². The van der Waals surface area contributed by atoms with Gasteiger partial charge < -0.3 is 9.15 Å². The molecule has 4 aromatic rings. The van der Waals surface area contributed by atoms with Crippen molar-refractivity contribution in [3.05, 3.63) is 54.6 Å². The number of nitrogens with one attached hydrogen (secondary N) is 2. The van der Waals surface area contributed by atoms with Crippen molar-refractivity contribution in [3.63, 3.8) is 0 Å². The molecule has 1 aromatic carbocycles. The maximum Gasteiger partial charge on any atom is 0.276 e. The Labute approximate surface area is 141 Å². The van der Waals surface area contributed by atoms with E-state index >= 15 is 0 Å². The Morgan fingerprint density at radius 1 is 1.24 bits per heavy atom. The number of aromatic nitrogens is 4. The first-order valence-electron chi connectivity index (χ1n) is 7.44. The molecule has 1 amide bonds. The van der Waals surface area contributed by atoms with Crippen LogP contribution in [0.5, 0.6) is 5.88 Å². The second-order valence-electron chi connectivity index (χ2n) is 5.21. The first-order valence-corrected chi connectivity index (χ1v) is 7.44. The molecule has 0 atom stereocenters. The maximum absolute atomic E-state index is 12.5. The van der Waals surface area contributed by atoms with Crippen LogP contribution in [-0.2, 0) is 0 Å². The molecule has 3 heterocycles. The number of furan rings is 1. The van der Waals surface area contributed by atoms with E-state index in [0.29, 0.717) is 11.7 Å². The normalized spacial score (nSPS) is 10.8. The van der Waals surface area contributed by atoms with Crippen LogP contribution in [0.15, 0.2) is 53.3 Å². The summed E-state index contributed by atoms with van der Waals surface area (Å²) in [5, 5.41) is 11.0. The Kier molecular flexibility index (Phi) is 3.62. The predicted octanol–water partition coefficient (Wildman–Crippen LogP) is 2.87. The number of aromatic amines is 1. The Bertz CT molecular complexity index is 1040. The molecule has 2 N–H and O–H groups in total. The Morgan fingerprint density at radius 3 is 2.92 bits per heavy atom. The van der Waals surface area contributed by atoms with Gasteiger partial charge in [-0.05, 0) is 23.6 Å². The van der Waals surface area contributed by atoms with E-state index in [1.165, 1.54) is 19.6 Å². The number of anilines is 1. The zero-order valence-corrected chi connectivity index (χ0v) is 13.2. The van der Waals surface area contributed by atoms with Crippen molar-refractivity contribution in [1.82, 2.24) is 20.2 Å². The molecule has 4 rings (SSSR count). The van der Waals surface area contributed by atoms with Gasteiger partial charge in [0.05, 0.1) is 18.9 Å². The highest BCUT2D eigenvalue weighted by atomic mass is 16.5. The number of rotatable bonds is 4. The summed E-state index contributed by atoms with van der Waals surface area (Å²) in [6, 6.07) is 11.0. The van der Waals surface area contributed by atoms with Crippen molar-refractivity contribution in [2.75, 3.05) is 12.4 Å². The van der Waals surface area contributed by atoms with E-state index < -0.39 is 5.91 Å². The summed E-state index contributed by atoms with van der Waals surface area (Å²) in [6.45, 7) is 0. The molecule has 0 unspecified atom stereocenters. The van der Waals surface area contributed by atoms with Crippen molar-refractivity contribution in [2.24, 2.45) is 0 Å². The number of pyridine rings is 1. The molecule has 3 aromatic heterocycles. The largest absolute Gasteiger partial charge is 0.481 e. The average Bonchev–Trinajstić information content (AvgIpc) is 3.32. The van der Waals surface area contributed by atoms with Crippen LogP contribution in [0.1, 0.15) is 10.5 Å². The van der Waals surface area contributed by atoms with E-state index in [1.54, 1.807) is 12.1 Å². The number of carbonyl (C=O) groups excluding carboxylic acids is 1. The molecule has 8 heteroatoms. The van der Waals surface area contributed by atoms with Crippen LogP contribution in [0, 0.1) is 0 Å². The molecule has 0 fully saturated rings. The number of methoxy groups -OCH3 is 1. The Balaban J connectivity index is 1.62. The van der Waals surface area contributed by atoms with Crippen LogP contribution in [-0.4, -0.2) is 33.2 Å². The first-order chi connectivity index (χ1) is 12.2. The third kappa shape index (κ3) is 2.80. The highest BCUT2D eigenvalue weighted by Gasteiger charge is 2.15. The Hall–Kier alpha value is -3.68. The molecule has 0 saturated heterocycles. The number of hydrogen-bond acceptors (Lipinski definition) is 6. The molecule has 0 saturated carbocycles. The fraction of sp³-hybridized carbons (Fsp3) is 0.0588. The molecule has 0 aliphatic carbocycles. The highest BCUT2D eigenvalue weighted by molar-refractivity contribution is 6.04. The quantitative estimate of drug-likeness (QED) is 0.594. The molecular weight excluding hydrogens is 322 g/mol. The fourth-order valence-electron chi connectivity index (χ4n) is 2.45. The molecule has 0 radical (unpaired) electrons. The van der Waals surface area contributed by atoms with E-state index in [2.05, 4.69) is 25.5 Å². The lowest BCUT2D eigenvalue weighted by molar-refractivity contribution is 0.102. The van der Waals surface area contributed by atoms with Crippen molar-refractivity contribution in [3.8, 4) is 17.3 Å². The molecule has 8 nitrogen and oxygen atoms in total. The lowest BCUT2D eigenvalue weighted by Gasteiger charge is -2.07. The van der Waals surface area contributed by atoms with Crippen molar-refractivity contribution in [2.45, 2.75) is 0 Å². The minimum atomic E-state index is -0.429. The molecule has 0 aliphatic heterocycles. The van der Waals surface area contributed by atoms with Gasteiger partial charge in [-0.1, -0.05) is 18.2 Å². The molecule has 0 aliphatic rings. The van der Waals surface area contributed by atoms with Crippen LogP contribution in [0.25, 0.3) is 22.2 Å². The van der Waals surface area contributed by atoms with E-state index in [-0.39, 0.29) is 11.6 Å². The number of carbonyl (C=O) groups is 1. The smallest absolute Gasteiger partial charge is 0.276 e. The van der Waals surface area contributed by atoms with Crippen LogP contribution >= 0.6 is 0 Å². The van der Waals surface area contributed by atoms with Crippen LogP contribution in [0.3, 0.4) is 0 Å². The average molecular weight is 335 g/mol. The number of ether oxygens (including phenoxy) is 1. The summed E-state index contributed by atoms with van der Waals surface area (Å²) in [7, 11) is 1.52. The van der Waals surface area contributed by atoms with Gasteiger partial charge in [-0.2, -0.15) is 4.98 Å². The summed E-state index contributed by atoms with van der Waals surface area (Å²) in [5.74, 6) is 0.599. The molecule has 0 spiro atoms. The van der Waals surface area contributed by atoms with Gasteiger partial charge in [-0.25, -0.2) is 4.98 Å². The van der Waals surface area contributed by atoms with Crippen LogP contribution in [0.2, 0.25) is 0 Å². The standard InChI is InChI=1S/C17H13N5O3/c1-24-16-12-5-3-2-4-10(12)8-13(18-16)15(23)20-17-19-14(21-22-17)11-6-7-25-9-11/h2-9H,1H3,(H2,19,20,21,22,23). The van der Waals surface area contributed by atoms with E-state index in [1.807, 2.05) is 24.3 Å². The lowest BCUT2D eigenvalue weighted by atomic mass is 10.1. The molecular formula is C17H13N5O3. The Morgan fingerprint density at radius 2 is 2.12 bits per heavy atom. The minimum absolute atomic E-state index is 0.148. The fourth-order valence-corrected chi connectivity index (χ4v) is 2.45. The monoisotopic (exact) mass is 335 g/mol. The number of nitrogens with zero attached hydrogens (tertiary/aromatic N) is 3. The SMILES string of the molecule is COc1nc(C(=O)Nc2n[nH]c(-c3ccoc3)n2)cc2ccccc12. The molecule has 25 heavy (non-hydrogen) atoms. The van der Waals surface area contributed by atoms with Crippen molar-refractivity contribution in [1.29, 1.82) is 0 Å². The summed E-state index contributed by atoms with van der Waals surface area (Å²) < 4.78 is 10.3. The number of benzene rings is 1. The van der Waals surface area contributed by atoms with Gasteiger partial charge in [-0.15, -0.1) is 5.10 Å². The maximum atomic E-state index is 12.5. The van der Waals surface area contributed by atoms with Crippen molar-refractivity contribution >= 4 is 22.6 Å². The van der Waals surface area contributed by atoms with Gasteiger partial charge in [0, 0.05) is 5.39 Å². The predicted molar refractivity (Wildman–Crippen MR) is 90.3 cm³/mol. The number of H-pyrrole nitrogens is 1.